The molecule has 0 spiro atoms. The minimum Gasteiger partial charge on any atom is -0.230 e. The number of rotatable bonds is 9. The number of nitrogens with zero attached hydrogens (tertiary/aromatic N) is 4. The molecular formula is C54H38N4. The molecule has 0 atom stereocenters. The molecule has 0 saturated heterocycles. The largest absolute Gasteiger partial charge is 0.230 e. The molecule has 0 saturated carbocycles. The molecule has 0 radical (unpaired) electrons. The van der Waals surface area contributed by atoms with Gasteiger partial charge in [-0.25, -0.2) is 5.01 Å². The third kappa shape index (κ3) is 6.74. The molecule has 0 fully saturated rings. The van der Waals surface area contributed by atoms with Gasteiger partial charge in [-0.3, -0.25) is 0 Å². The number of anilines is 2. The molecule has 1 aromatic heterocycles. The van der Waals surface area contributed by atoms with E-state index < -0.39 is 0 Å². The SMILES string of the molecule is c1ccc(-c2ccc(-c3cc(-c4ccccc4)ccc3N(c3ccc(-c4ccccc4)cc3-c3ccc(-c4ccccc4)cc3)n3nnc4ccccc43)cc2)cc1. The lowest BCUT2D eigenvalue weighted by atomic mass is 9.93. The zero-order valence-corrected chi connectivity index (χ0v) is 31.7. The molecule has 4 heteroatoms. The van der Waals surface area contributed by atoms with E-state index in [0.29, 0.717) is 0 Å². The summed E-state index contributed by atoms with van der Waals surface area (Å²) in [5.74, 6) is 0. The zero-order valence-electron chi connectivity index (χ0n) is 31.7. The molecule has 0 aliphatic carbocycles. The van der Waals surface area contributed by atoms with Gasteiger partial charge in [-0.2, -0.15) is 0 Å². The maximum absolute atomic E-state index is 4.88. The van der Waals surface area contributed by atoms with Crippen LogP contribution in [0.5, 0.6) is 0 Å². The highest BCUT2D eigenvalue weighted by Gasteiger charge is 2.24. The predicted molar refractivity (Wildman–Crippen MR) is 241 cm³/mol. The summed E-state index contributed by atoms with van der Waals surface area (Å²) in [4.78, 5) is 1.95. The smallest absolute Gasteiger partial charge is 0.115 e. The second-order valence-corrected chi connectivity index (χ2v) is 14.4. The van der Waals surface area contributed by atoms with E-state index in [1.165, 1.54) is 22.3 Å². The second-order valence-electron chi connectivity index (χ2n) is 14.4. The van der Waals surface area contributed by atoms with Gasteiger partial charge < -0.3 is 0 Å². The molecule has 0 aliphatic heterocycles. The van der Waals surface area contributed by atoms with Crippen molar-refractivity contribution in [3.05, 3.63) is 231 Å². The van der Waals surface area contributed by atoms with Crippen molar-refractivity contribution in [1.82, 2.24) is 15.1 Å². The number of para-hydroxylation sites is 1. The molecule has 4 nitrogen and oxygen atoms in total. The maximum atomic E-state index is 4.88. The average Bonchev–Trinajstić information content (AvgIpc) is 3.74. The number of aromatic nitrogens is 3. The van der Waals surface area contributed by atoms with E-state index in [2.05, 4.69) is 222 Å². The molecule has 0 bridgehead atoms. The van der Waals surface area contributed by atoms with E-state index in [1.807, 2.05) is 23.0 Å². The van der Waals surface area contributed by atoms with Crippen molar-refractivity contribution < 1.29 is 0 Å². The Morgan fingerprint density at radius 2 is 0.621 bits per heavy atom. The summed E-state index contributed by atoms with van der Waals surface area (Å²) in [5, 5.41) is 11.8. The highest BCUT2D eigenvalue weighted by molar-refractivity contribution is 5.93. The monoisotopic (exact) mass is 742 g/mol. The fourth-order valence-corrected chi connectivity index (χ4v) is 7.81. The van der Waals surface area contributed by atoms with Crippen LogP contribution in [0.2, 0.25) is 0 Å². The van der Waals surface area contributed by atoms with Gasteiger partial charge in [-0.05, 0) is 97.2 Å². The van der Waals surface area contributed by atoms with Gasteiger partial charge in [0.1, 0.15) is 11.0 Å². The van der Waals surface area contributed by atoms with Gasteiger partial charge in [0.05, 0.1) is 11.4 Å². The van der Waals surface area contributed by atoms with Crippen LogP contribution < -0.4 is 5.01 Å². The van der Waals surface area contributed by atoms with Crippen molar-refractivity contribution in [3.8, 4) is 66.8 Å². The van der Waals surface area contributed by atoms with Crippen LogP contribution in [0.4, 0.5) is 11.4 Å². The van der Waals surface area contributed by atoms with Crippen LogP contribution in [-0.2, 0) is 0 Å². The molecule has 58 heavy (non-hydrogen) atoms. The quantitative estimate of drug-likeness (QED) is 0.148. The highest BCUT2D eigenvalue weighted by atomic mass is 15.7. The Morgan fingerprint density at radius 3 is 1.05 bits per heavy atom. The summed E-state index contributed by atoms with van der Waals surface area (Å²) in [6.45, 7) is 0. The predicted octanol–water partition coefficient (Wildman–Crippen LogP) is 14.0. The Bertz CT molecular complexity index is 2790. The van der Waals surface area contributed by atoms with Crippen LogP contribution >= 0.6 is 0 Å². The second kappa shape index (κ2) is 15.4. The minimum atomic E-state index is 0.817. The van der Waals surface area contributed by atoms with Gasteiger partial charge in [0.15, 0.2) is 0 Å². The summed E-state index contributed by atoms with van der Waals surface area (Å²) >= 11 is 0. The average molecular weight is 743 g/mol. The summed E-state index contributed by atoms with van der Waals surface area (Å²) in [5.41, 5.74) is 17.3. The fraction of sp³-hybridized carbons (Fsp3) is 0. The minimum absolute atomic E-state index is 0.817. The summed E-state index contributed by atoms with van der Waals surface area (Å²) in [6.07, 6.45) is 0. The normalized spacial score (nSPS) is 11.1. The fourth-order valence-electron chi connectivity index (χ4n) is 7.81. The Kier molecular flexibility index (Phi) is 9.18. The number of hydrogen-bond donors (Lipinski definition) is 0. The molecule has 0 aliphatic rings. The first-order valence-corrected chi connectivity index (χ1v) is 19.6. The van der Waals surface area contributed by atoms with E-state index in [4.69, 9.17) is 5.21 Å². The van der Waals surface area contributed by atoms with Crippen LogP contribution in [0.3, 0.4) is 0 Å². The van der Waals surface area contributed by atoms with Crippen molar-refractivity contribution in [2.75, 3.05) is 5.01 Å². The Morgan fingerprint density at radius 1 is 0.293 bits per heavy atom. The van der Waals surface area contributed by atoms with E-state index in [9.17, 15) is 0 Å². The number of benzene rings is 9. The van der Waals surface area contributed by atoms with Crippen LogP contribution in [-0.4, -0.2) is 15.1 Å². The van der Waals surface area contributed by atoms with Gasteiger partial charge in [-0.15, -0.1) is 9.89 Å². The molecule has 9 aromatic carbocycles. The third-order valence-corrected chi connectivity index (χ3v) is 10.8. The van der Waals surface area contributed by atoms with Gasteiger partial charge >= 0.3 is 0 Å². The van der Waals surface area contributed by atoms with E-state index >= 15 is 0 Å². The first-order chi connectivity index (χ1) is 28.8. The van der Waals surface area contributed by atoms with Crippen LogP contribution in [0.1, 0.15) is 0 Å². The van der Waals surface area contributed by atoms with Crippen molar-refractivity contribution in [3.63, 3.8) is 0 Å². The van der Waals surface area contributed by atoms with Crippen molar-refractivity contribution in [2.24, 2.45) is 0 Å². The maximum Gasteiger partial charge on any atom is 0.115 e. The molecule has 1 heterocycles. The van der Waals surface area contributed by atoms with Crippen LogP contribution in [0.15, 0.2) is 231 Å². The summed E-state index contributed by atoms with van der Waals surface area (Å²) < 4.78 is 0. The summed E-state index contributed by atoms with van der Waals surface area (Å²) in [7, 11) is 0. The van der Waals surface area contributed by atoms with E-state index in [0.717, 1.165) is 66.9 Å². The first kappa shape index (κ1) is 34.7. The zero-order chi connectivity index (χ0) is 38.7. The van der Waals surface area contributed by atoms with Crippen molar-refractivity contribution >= 4 is 22.4 Å². The van der Waals surface area contributed by atoms with Crippen molar-refractivity contribution in [1.29, 1.82) is 0 Å². The van der Waals surface area contributed by atoms with E-state index in [-0.39, 0.29) is 0 Å². The van der Waals surface area contributed by atoms with Crippen LogP contribution in [0, 0.1) is 0 Å². The van der Waals surface area contributed by atoms with E-state index in [1.54, 1.807) is 0 Å². The molecule has 274 valence electrons. The lowest BCUT2D eigenvalue weighted by molar-refractivity contribution is 0.684. The lowest BCUT2D eigenvalue weighted by Crippen LogP contribution is -2.27. The van der Waals surface area contributed by atoms with Crippen molar-refractivity contribution in [2.45, 2.75) is 0 Å². The Labute approximate surface area is 338 Å². The Balaban J connectivity index is 1.22. The molecule has 0 amide bonds. The molecule has 0 unspecified atom stereocenters. The summed E-state index contributed by atoms with van der Waals surface area (Å²) in [6, 6.07) is 81.7. The topological polar surface area (TPSA) is 34.0 Å². The third-order valence-electron chi connectivity index (χ3n) is 10.8. The lowest BCUT2D eigenvalue weighted by Gasteiger charge is -2.30. The number of fused-ring (bicyclic) bond motifs is 1. The highest BCUT2D eigenvalue weighted by Crippen LogP contribution is 2.44. The first-order valence-electron chi connectivity index (χ1n) is 19.6. The number of hydrogen-bond acceptors (Lipinski definition) is 3. The molecule has 0 N–H and O–H groups in total. The molecular weight excluding hydrogens is 705 g/mol. The standard InChI is InChI=1S/C54H38N4/c1-5-15-39(16-6-1)43-25-29-45(30-26-43)49-37-47(41-19-9-3-10-20-41)33-35-52(49)57(58-54-24-14-13-23-51(54)55-56-58)53-36-34-48(42-21-11-4-12-22-42)38-50(53)46-31-27-44(28-32-46)40-17-7-2-8-18-40/h1-38H. The van der Waals surface area contributed by atoms with Crippen LogP contribution in [0.25, 0.3) is 77.8 Å². The van der Waals surface area contributed by atoms with Gasteiger partial charge in [0, 0.05) is 11.1 Å². The van der Waals surface area contributed by atoms with Gasteiger partial charge in [-0.1, -0.05) is 194 Å². The van der Waals surface area contributed by atoms with Gasteiger partial charge in [0.2, 0.25) is 0 Å². The van der Waals surface area contributed by atoms with Gasteiger partial charge in [0.25, 0.3) is 0 Å². The molecule has 10 rings (SSSR count). The molecule has 10 aromatic rings. The Hall–Kier alpha value is -7.82.